The normalized spacial score (nSPS) is 12.1. The number of halogens is 2. The summed E-state index contributed by atoms with van der Waals surface area (Å²) in [5, 5.41) is -0.294. The Morgan fingerprint density at radius 1 is 1.10 bits per heavy atom. The Kier molecular flexibility index (Phi) is 4.95. The van der Waals surface area contributed by atoms with Crippen LogP contribution in [0.3, 0.4) is 0 Å². The van der Waals surface area contributed by atoms with Crippen LogP contribution in [0.25, 0.3) is 0 Å². The summed E-state index contributed by atoms with van der Waals surface area (Å²) in [7, 11) is 3.30. The average Bonchev–Trinajstić information content (AvgIpc) is 2.48. The smallest absolute Gasteiger partial charge is 0.124 e. The van der Waals surface area contributed by atoms with Crippen LogP contribution in [0.5, 0.6) is 11.5 Å². The van der Waals surface area contributed by atoms with Crippen LogP contribution in [-0.4, -0.2) is 14.2 Å². The Morgan fingerprint density at radius 3 is 2.50 bits per heavy atom. The lowest BCUT2D eigenvalue weighted by molar-refractivity contribution is 0.409. The highest BCUT2D eigenvalue weighted by atomic mass is 79.9. The summed E-state index contributed by atoms with van der Waals surface area (Å²) < 4.78 is 11.7. The number of benzene rings is 2. The summed E-state index contributed by atoms with van der Waals surface area (Å²) in [6.45, 7) is 2.02. The minimum absolute atomic E-state index is 0.294. The molecule has 2 aromatic carbocycles. The molecule has 0 bridgehead atoms. The van der Waals surface area contributed by atoms with Gasteiger partial charge in [-0.2, -0.15) is 0 Å². The second kappa shape index (κ2) is 6.51. The van der Waals surface area contributed by atoms with Crippen molar-refractivity contribution in [2.24, 2.45) is 0 Å². The highest BCUT2D eigenvalue weighted by molar-refractivity contribution is 9.10. The van der Waals surface area contributed by atoms with Crippen LogP contribution in [-0.2, 0) is 0 Å². The van der Waals surface area contributed by atoms with Crippen molar-refractivity contribution in [1.29, 1.82) is 0 Å². The molecular weight excluding hydrogens is 340 g/mol. The van der Waals surface area contributed by atoms with Gasteiger partial charge in [0.1, 0.15) is 11.5 Å². The molecule has 0 aliphatic carbocycles. The lowest BCUT2D eigenvalue weighted by atomic mass is 10.0. The number of hydrogen-bond acceptors (Lipinski definition) is 2. The number of rotatable bonds is 4. The first-order valence-corrected chi connectivity index (χ1v) is 7.41. The van der Waals surface area contributed by atoms with E-state index in [-0.39, 0.29) is 5.38 Å². The fourth-order valence-corrected chi connectivity index (χ4v) is 2.69. The van der Waals surface area contributed by atoms with E-state index in [9.17, 15) is 0 Å². The minimum Gasteiger partial charge on any atom is -0.497 e. The molecule has 0 fully saturated rings. The zero-order valence-corrected chi connectivity index (χ0v) is 14.0. The number of ether oxygens (including phenoxy) is 2. The molecule has 0 saturated heterocycles. The SMILES string of the molecule is COc1cccc(C(Cl)c2cc(Br)c(C)cc2OC)c1. The topological polar surface area (TPSA) is 18.5 Å². The van der Waals surface area contributed by atoms with E-state index in [1.165, 1.54) is 0 Å². The third-order valence-corrected chi connectivity index (χ3v) is 4.51. The maximum atomic E-state index is 6.61. The van der Waals surface area contributed by atoms with E-state index < -0.39 is 0 Å². The monoisotopic (exact) mass is 354 g/mol. The summed E-state index contributed by atoms with van der Waals surface area (Å²) in [5.74, 6) is 1.58. The molecule has 1 unspecified atom stereocenters. The van der Waals surface area contributed by atoms with Crippen LogP contribution >= 0.6 is 27.5 Å². The summed E-state index contributed by atoms with van der Waals surface area (Å²) in [6, 6.07) is 11.7. The van der Waals surface area contributed by atoms with Gasteiger partial charge >= 0.3 is 0 Å². The predicted octanol–water partition coefficient (Wildman–Crippen LogP) is 5.10. The molecule has 0 radical (unpaired) electrons. The predicted molar refractivity (Wildman–Crippen MR) is 86.1 cm³/mol. The highest BCUT2D eigenvalue weighted by Crippen LogP contribution is 2.38. The molecule has 0 aliphatic heterocycles. The molecular formula is C16H16BrClO2. The first kappa shape index (κ1) is 15.2. The molecule has 0 spiro atoms. The Morgan fingerprint density at radius 2 is 1.85 bits per heavy atom. The molecule has 20 heavy (non-hydrogen) atoms. The van der Waals surface area contributed by atoms with Crippen LogP contribution in [0, 0.1) is 6.92 Å². The van der Waals surface area contributed by atoms with Crippen LogP contribution in [0.4, 0.5) is 0 Å². The fourth-order valence-electron chi connectivity index (χ4n) is 2.02. The molecule has 0 aliphatic rings. The van der Waals surface area contributed by atoms with Gasteiger partial charge in [-0.25, -0.2) is 0 Å². The average molecular weight is 356 g/mol. The molecule has 1 atom stereocenters. The standard InChI is InChI=1S/C16H16BrClO2/c1-10-7-15(20-3)13(9-14(10)17)16(18)11-5-4-6-12(8-11)19-2/h4-9,16H,1-3H3. The van der Waals surface area contributed by atoms with Crippen LogP contribution in [0.2, 0.25) is 0 Å². The summed E-state index contributed by atoms with van der Waals surface area (Å²) in [4.78, 5) is 0. The van der Waals surface area contributed by atoms with Crippen LogP contribution < -0.4 is 9.47 Å². The Bertz CT molecular complexity index is 613. The quantitative estimate of drug-likeness (QED) is 0.710. The molecule has 0 amide bonds. The Balaban J connectivity index is 2.46. The van der Waals surface area contributed by atoms with E-state index >= 15 is 0 Å². The molecule has 2 rings (SSSR count). The Hall–Kier alpha value is -1.19. The molecule has 4 heteroatoms. The van der Waals surface area contributed by atoms with Gasteiger partial charge in [-0.15, -0.1) is 11.6 Å². The summed E-state index contributed by atoms with van der Waals surface area (Å²) in [5.41, 5.74) is 3.01. The van der Waals surface area contributed by atoms with E-state index in [4.69, 9.17) is 21.1 Å². The first-order valence-electron chi connectivity index (χ1n) is 6.19. The summed E-state index contributed by atoms with van der Waals surface area (Å²) >= 11 is 10.2. The van der Waals surface area contributed by atoms with E-state index in [0.29, 0.717) is 0 Å². The molecule has 0 N–H and O–H groups in total. The van der Waals surface area contributed by atoms with Gasteiger partial charge in [0.2, 0.25) is 0 Å². The van der Waals surface area contributed by atoms with Crippen molar-refractivity contribution in [3.8, 4) is 11.5 Å². The molecule has 2 aromatic rings. The lowest BCUT2D eigenvalue weighted by Gasteiger charge is -2.16. The maximum absolute atomic E-state index is 6.61. The number of alkyl halides is 1. The molecule has 106 valence electrons. The zero-order chi connectivity index (χ0) is 14.7. The van der Waals surface area contributed by atoms with Crippen LogP contribution in [0.1, 0.15) is 22.1 Å². The second-order valence-corrected chi connectivity index (χ2v) is 5.77. The van der Waals surface area contributed by atoms with Gasteiger partial charge in [-0.3, -0.25) is 0 Å². The van der Waals surface area contributed by atoms with Gasteiger partial charge in [0.05, 0.1) is 19.6 Å². The van der Waals surface area contributed by atoms with Crippen molar-refractivity contribution in [3.05, 3.63) is 57.6 Å². The van der Waals surface area contributed by atoms with Crippen molar-refractivity contribution in [2.45, 2.75) is 12.3 Å². The first-order chi connectivity index (χ1) is 9.56. The van der Waals surface area contributed by atoms with E-state index in [0.717, 1.165) is 32.7 Å². The van der Waals surface area contributed by atoms with Gasteiger partial charge in [0.25, 0.3) is 0 Å². The second-order valence-electron chi connectivity index (χ2n) is 4.48. The number of hydrogen-bond donors (Lipinski definition) is 0. The maximum Gasteiger partial charge on any atom is 0.124 e. The van der Waals surface area contributed by atoms with Gasteiger partial charge < -0.3 is 9.47 Å². The van der Waals surface area contributed by atoms with Gasteiger partial charge in [0.15, 0.2) is 0 Å². The number of methoxy groups -OCH3 is 2. The minimum atomic E-state index is -0.294. The zero-order valence-electron chi connectivity index (χ0n) is 11.6. The van der Waals surface area contributed by atoms with Gasteiger partial charge in [-0.05, 0) is 42.3 Å². The highest BCUT2D eigenvalue weighted by Gasteiger charge is 2.17. The van der Waals surface area contributed by atoms with Gasteiger partial charge in [-0.1, -0.05) is 28.1 Å². The molecule has 0 saturated carbocycles. The van der Waals surface area contributed by atoms with E-state index in [2.05, 4.69) is 15.9 Å². The third kappa shape index (κ3) is 3.10. The molecule has 0 aromatic heterocycles. The van der Waals surface area contributed by atoms with Crippen molar-refractivity contribution in [2.75, 3.05) is 14.2 Å². The van der Waals surface area contributed by atoms with Crippen molar-refractivity contribution >= 4 is 27.5 Å². The van der Waals surface area contributed by atoms with Crippen LogP contribution in [0.15, 0.2) is 40.9 Å². The summed E-state index contributed by atoms with van der Waals surface area (Å²) in [6.07, 6.45) is 0. The fraction of sp³-hybridized carbons (Fsp3) is 0.250. The van der Waals surface area contributed by atoms with Crippen molar-refractivity contribution in [3.63, 3.8) is 0 Å². The lowest BCUT2D eigenvalue weighted by Crippen LogP contribution is -1.99. The Labute approximate surface area is 132 Å². The largest absolute Gasteiger partial charge is 0.497 e. The van der Waals surface area contributed by atoms with E-state index in [1.54, 1.807) is 14.2 Å². The van der Waals surface area contributed by atoms with E-state index in [1.807, 2.05) is 43.3 Å². The molecule has 0 heterocycles. The van der Waals surface area contributed by atoms with Crippen molar-refractivity contribution in [1.82, 2.24) is 0 Å². The number of aryl methyl sites for hydroxylation is 1. The molecule has 2 nitrogen and oxygen atoms in total. The van der Waals surface area contributed by atoms with Gasteiger partial charge in [0, 0.05) is 10.0 Å². The van der Waals surface area contributed by atoms with Crippen molar-refractivity contribution < 1.29 is 9.47 Å². The third-order valence-electron chi connectivity index (χ3n) is 3.17.